The second-order valence-corrected chi connectivity index (χ2v) is 4.09. The van der Waals surface area contributed by atoms with Crippen LogP contribution in [-0.4, -0.2) is 0 Å². The Bertz CT molecular complexity index is 555. The molecule has 2 N–H and O–H groups in total. The van der Waals surface area contributed by atoms with Crippen molar-refractivity contribution in [1.29, 1.82) is 0 Å². The molecule has 6 heteroatoms. The minimum Gasteiger partial charge on any atom is -0.300 e. The number of halogens is 4. The molecule has 0 atom stereocenters. The van der Waals surface area contributed by atoms with Crippen LogP contribution in [-0.2, 0) is 17.6 Å². The smallest absolute Gasteiger partial charge is 0.300 e. The third-order valence-corrected chi connectivity index (χ3v) is 2.72. The summed E-state index contributed by atoms with van der Waals surface area (Å²) in [6.45, 7) is 0.258. The van der Waals surface area contributed by atoms with Gasteiger partial charge in [-0.05, 0) is 34.9 Å². The molecule has 20 heavy (non-hydrogen) atoms. The normalized spacial score (nSPS) is 11.0. The number of hydrogen-bond acceptors (Lipinski definition) is 2. The lowest BCUT2D eigenvalue weighted by Crippen LogP contribution is -2.04. The molecule has 2 aromatic rings. The summed E-state index contributed by atoms with van der Waals surface area (Å²) in [5.41, 5.74) is 1.74. The van der Waals surface area contributed by atoms with Crippen LogP contribution < -0.4 is 5.90 Å². The quantitative estimate of drug-likeness (QED) is 0.863. The highest BCUT2D eigenvalue weighted by atomic mass is 35.5. The predicted molar refractivity (Wildman–Crippen MR) is 73.1 cm³/mol. The molecule has 0 saturated heterocycles. The van der Waals surface area contributed by atoms with Crippen LogP contribution in [0.15, 0.2) is 48.5 Å². The molecule has 0 unspecified atom stereocenters. The van der Waals surface area contributed by atoms with Gasteiger partial charge in [-0.15, -0.1) is 12.4 Å². The molecular weight excluding hydrogens is 291 g/mol. The second-order valence-electron chi connectivity index (χ2n) is 4.09. The topological polar surface area (TPSA) is 35.2 Å². The highest BCUT2D eigenvalue weighted by Crippen LogP contribution is 2.31. The van der Waals surface area contributed by atoms with Crippen LogP contribution in [0.3, 0.4) is 0 Å². The van der Waals surface area contributed by atoms with E-state index < -0.39 is 11.7 Å². The minimum absolute atomic E-state index is 0. The zero-order chi connectivity index (χ0) is 13.9. The van der Waals surface area contributed by atoms with Crippen LogP contribution in [0.25, 0.3) is 11.1 Å². The molecule has 0 heterocycles. The fourth-order valence-corrected chi connectivity index (χ4v) is 1.79. The molecule has 0 radical (unpaired) electrons. The van der Waals surface area contributed by atoms with E-state index in [1.807, 2.05) is 18.2 Å². The summed E-state index contributed by atoms with van der Waals surface area (Å²) in [5, 5.41) is 0. The molecule has 0 aromatic heterocycles. The fraction of sp³-hybridized carbons (Fsp3) is 0.143. The summed E-state index contributed by atoms with van der Waals surface area (Å²) < 4.78 is 37.4. The average molecular weight is 304 g/mol. The van der Waals surface area contributed by atoms with Crippen molar-refractivity contribution < 1.29 is 18.0 Å². The first-order valence-corrected chi connectivity index (χ1v) is 5.59. The maximum atomic E-state index is 12.5. The molecule has 2 nitrogen and oxygen atoms in total. The fourth-order valence-electron chi connectivity index (χ4n) is 1.79. The van der Waals surface area contributed by atoms with E-state index in [-0.39, 0.29) is 19.0 Å². The lowest BCUT2D eigenvalue weighted by Gasteiger charge is -2.08. The van der Waals surface area contributed by atoms with E-state index in [0.717, 1.165) is 23.3 Å². The number of alkyl halides is 3. The molecule has 0 spiro atoms. The molecule has 0 fully saturated rings. The Kier molecular flexibility index (Phi) is 5.56. The molecule has 0 aliphatic heterocycles. The first kappa shape index (κ1) is 16.5. The Morgan fingerprint density at radius 2 is 1.60 bits per heavy atom. The number of hydrogen-bond donors (Lipinski definition) is 1. The van der Waals surface area contributed by atoms with Crippen molar-refractivity contribution in [3.05, 3.63) is 59.7 Å². The van der Waals surface area contributed by atoms with Crippen molar-refractivity contribution >= 4 is 12.4 Å². The minimum atomic E-state index is -4.31. The van der Waals surface area contributed by atoms with Gasteiger partial charge < -0.3 is 0 Å². The Morgan fingerprint density at radius 3 is 2.15 bits per heavy atom. The summed E-state index contributed by atoms with van der Waals surface area (Å²) in [6, 6.07) is 12.3. The van der Waals surface area contributed by atoms with Gasteiger partial charge in [0.05, 0.1) is 12.2 Å². The molecule has 2 rings (SSSR count). The third-order valence-electron chi connectivity index (χ3n) is 2.72. The van der Waals surface area contributed by atoms with Gasteiger partial charge in [-0.1, -0.05) is 30.3 Å². The second kappa shape index (κ2) is 6.74. The van der Waals surface area contributed by atoms with E-state index in [4.69, 9.17) is 5.90 Å². The molecule has 108 valence electrons. The Labute approximate surface area is 120 Å². The SMILES string of the molecule is Cl.NOCc1cccc(-c2ccc(C(F)(F)F)cc2)c1. The van der Waals surface area contributed by atoms with Crippen molar-refractivity contribution in [2.24, 2.45) is 5.90 Å². The van der Waals surface area contributed by atoms with Crippen LogP contribution >= 0.6 is 12.4 Å². The number of rotatable bonds is 3. The van der Waals surface area contributed by atoms with Gasteiger partial charge in [-0.25, -0.2) is 5.90 Å². The summed E-state index contributed by atoms with van der Waals surface area (Å²) in [4.78, 5) is 4.53. The van der Waals surface area contributed by atoms with E-state index >= 15 is 0 Å². The van der Waals surface area contributed by atoms with Gasteiger partial charge >= 0.3 is 6.18 Å². The van der Waals surface area contributed by atoms with Gasteiger partial charge in [-0.3, -0.25) is 4.84 Å². The standard InChI is InChI=1S/C14H12F3NO.ClH/c15-14(16,17)13-6-4-11(5-7-13)12-3-1-2-10(8-12)9-19-18;/h1-8H,9,18H2;1H. The Morgan fingerprint density at radius 1 is 0.950 bits per heavy atom. The van der Waals surface area contributed by atoms with E-state index in [1.165, 1.54) is 12.1 Å². The molecule has 0 saturated carbocycles. The molecule has 0 aliphatic carbocycles. The van der Waals surface area contributed by atoms with Crippen LogP contribution in [0, 0.1) is 0 Å². The van der Waals surface area contributed by atoms with Crippen molar-refractivity contribution in [3.8, 4) is 11.1 Å². The highest BCUT2D eigenvalue weighted by molar-refractivity contribution is 5.85. The number of benzene rings is 2. The third kappa shape index (κ3) is 3.96. The number of nitrogens with two attached hydrogens (primary N) is 1. The van der Waals surface area contributed by atoms with Crippen LogP contribution in [0.1, 0.15) is 11.1 Å². The lowest BCUT2D eigenvalue weighted by atomic mass is 10.0. The molecule has 0 bridgehead atoms. The molecular formula is C14H13ClF3NO. The van der Waals surface area contributed by atoms with Gasteiger partial charge in [-0.2, -0.15) is 13.2 Å². The van der Waals surface area contributed by atoms with Gasteiger partial charge in [0.2, 0.25) is 0 Å². The van der Waals surface area contributed by atoms with Crippen LogP contribution in [0.4, 0.5) is 13.2 Å². The van der Waals surface area contributed by atoms with Gasteiger partial charge in [0, 0.05) is 0 Å². The maximum absolute atomic E-state index is 12.5. The van der Waals surface area contributed by atoms with Crippen molar-refractivity contribution in [1.82, 2.24) is 0 Å². The lowest BCUT2D eigenvalue weighted by molar-refractivity contribution is -0.137. The zero-order valence-corrected chi connectivity index (χ0v) is 11.2. The van der Waals surface area contributed by atoms with Gasteiger partial charge in [0.1, 0.15) is 0 Å². The summed E-state index contributed by atoms with van der Waals surface area (Å²) in [6.07, 6.45) is -4.31. The van der Waals surface area contributed by atoms with Crippen molar-refractivity contribution in [2.45, 2.75) is 12.8 Å². The van der Waals surface area contributed by atoms with E-state index in [2.05, 4.69) is 4.84 Å². The van der Waals surface area contributed by atoms with E-state index in [0.29, 0.717) is 5.56 Å². The van der Waals surface area contributed by atoms with Crippen molar-refractivity contribution in [3.63, 3.8) is 0 Å². The predicted octanol–water partition coefficient (Wildman–Crippen LogP) is 4.18. The first-order valence-electron chi connectivity index (χ1n) is 5.59. The summed E-state index contributed by atoms with van der Waals surface area (Å²) in [5.74, 6) is 4.99. The molecule has 2 aromatic carbocycles. The maximum Gasteiger partial charge on any atom is 0.416 e. The zero-order valence-electron chi connectivity index (χ0n) is 10.4. The first-order chi connectivity index (χ1) is 9.00. The molecule has 0 amide bonds. The Balaban J connectivity index is 0.00000200. The largest absolute Gasteiger partial charge is 0.416 e. The van der Waals surface area contributed by atoms with E-state index in [9.17, 15) is 13.2 Å². The summed E-state index contributed by atoms with van der Waals surface area (Å²) in [7, 11) is 0. The van der Waals surface area contributed by atoms with Crippen LogP contribution in [0.5, 0.6) is 0 Å². The molecule has 0 aliphatic rings. The van der Waals surface area contributed by atoms with Gasteiger partial charge in [0.15, 0.2) is 0 Å². The van der Waals surface area contributed by atoms with Crippen LogP contribution in [0.2, 0.25) is 0 Å². The highest BCUT2D eigenvalue weighted by Gasteiger charge is 2.29. The monoisotopic (exact) mass is 303 g/mol. The van der Waals surface area contributed by atoms with Gasteiger partial charge in [0.25, 0.3) is 0 Å². The average Bonchev–Trinajstić information content (AvgIpc) is 2.39. The van der Waals surface area contributed by atoms with Crippen molar-refractivity contribution in [2.75, 3.05) is 0 Å². The van der Waals surface area contributed by atoms with E-state index in [1.54, 1.807) is 6.07 Å². The summed E-state index contributed by atoms with van der Waals surface area (Å²) >= 11 is 0. The Hall–Kier alpha value is -1.56.